The van der Waals surface area contributed by atoms with Gasteiger partial charge in [-0.2, -0.15) is 0 Å². The summed E-state index contributed by atoms with van der Waals surface area (Å²) in [5.41, 5.74) is 0.941. The number of carbonyl (C=O) groups is 1. The third-order valence-corrected chi connectivity index (χ3v) is 3.11. The molecule has 16 heavy (non-hydrogen) atoms. The molecule has 0 aliphatic carbocycles. The Morgan fingerprint density at radius 2 is 2.06 bits per heavy atom. The van der Waals surface area contributed by atoms with E-state index in [-0.39, 0.29) is 5.12 Å². The first-order valence-electron chi connectivity index (χ1n) is 5.36. The highest BCUT2D eigenvalue weighted by molar-refractivity contribution is 8.13. The van der Waals surface area contributed by atoms with Crippen LogP contribution in [-0.2, 0) is 4.79 Å². The van der Waals surface area contributed by atoms with Crippen molar-refractivity contribution in [2.45, 2.75) is 24.8 Å². The highest BCUT2D eigenvalue weighted by atomic mass is 32.2. The number of para-hydroxylation sites is 1. The zero-order valence-electron chi connectivity index (χ0n) is 9.14. The predicted molar refractivity (Wildman–Crippen MR) is 67.5 cm³/mol. The van der Waals surface area contributed by atoms with E-state index in [1.165, 1.54) is 11.8 Å². The van der Waals surface area contributed by atoms with Crippen LogP contribution in [-0.4, -0.2) is 10.1 Å². The molecule has 0 saturated carbocycles. The van der Waals surface area contributed by atoms with E-state index in [1.807, 2.05) is 43.3 Å². The van der Waals surface area contributed by atoms with Gasteiger partial charge in [0.1, 0.15) is 5.03 Å². The molecule has 1 aromatic heterocycles. The lowest BCUT2D eigenvalue weighted by molar-refractivity contribution is -0.111. The molecular weight excluding hydrogens is 218 g/mol. The van der Waals surface area contributed by atoms with E-state index < -0.39 is 0 Å². The van der Waals surface area contributed by atoms with Crippen LogP contribution in [0.2, 0.25) is 0 Å². The van der Waals surface area contributed by atoms with Crippen LogP contribution in [0.15, 0.2) is 41.4 Å². The standard InChI is InChI=1S/C13H13NOS/c1-2-5-13(15)16-12-9-8-10-6-3-4-7-11(10)14-12/h3-4,6-9H,2,5H2,1H3. The minimum atomic E-state index is 0.185. The molecule has 0 spiro atoms. The third-order valence-electron chi connectivity index (χ3n) is 2.25. The summed E-state index contributed by atoms with van der Waals surface area (Å²) in [5, 5.41) is 2.08. The highest BCUT2D eigenvalue weighted by Gasteiger charge is 2.05. The van der Waals surface area contributed by atoms with Crippen LogP contribution in [0.1, 0.15) is 19.8 Å². The topological polar surface area (TPSA) is 30.0 Å². The van der Waals surface area contributed by atoms with Crippen LogP contribution >= 0.6 is 11.8 Å². The average Bonchev–Trinajstić information content (AvgIpc) is 2.29. The molecule has 0 saturated heterocycles. The van der Waals surface area contributed by atoms with Crippen molar-refractivity contribution in [3.63, 3.8) is 0 Å². The Hall–Kier alpha value is -1.35. The summed E-state index contributed by atoms with van der Waals surface area (Å²) in [6, 6.07) is 11.8. The smallest absolute Gasteiger partial charge is 0.195 e. The number of pyridine rings is 1. The molecule has 2 aromatic rings. The maximum absolute atomic E-state index is 11.5. The second-order valence-electron chi connectivity index (χ2n) is 3.57. The number of benzene rings is 1. The van der Waals surface area contributed by atoms with Gasteiger partial charge < -0.3 is 0 Å². The first kappa shape index (κ1) is 11.1. The normalized spacial score (nSPS) is 10.6. The Labute approximate surface area is 99.1 Å². The van der Waals surface area contributed by atoms with Crippen LogP contribution in [0.4, 0.5) is 0 Å². The van der Waals surface area contributed by atoms with E-state index in [4.69, 9.17) is 0 Å². The Bertz CT molecular complexity index is 510. The molecule has 2 rings (SSSR count). The van der Waals surface area contributed by atoms with Gasteiger partial charge in [0.25, 0.3) is 0 Å². The Kier molecular flexibility index (Phi) is 3.57. The Morgan fingerprint density at radius 3 is 2.88 bits per heavy atom. The summed E-state index contributed by atoms with van der Waals surface area (Å²) in [6.07, 6.45) is 1.50. The molecule has 82 valence electrons. The largest absolute Gasteiger partial charge is 0.287 e. The summed E-state index contributed by atoms with van der Waals surface area (Å²) < 4.78 is 0. The van der Waals surface area contributed by atoms with Gasteiger partial charge in [0, 0.05) is 11.8 Å². The number of rotatable bonds is 3. The zero-order chi connectivity index (χ0) is 11.4. The fourth-order valence-electron chi connectivity index (χ4n) is 1.48. The van der Waals surface area contributed by atoms with Gasteiger partial charge in [-0.05, 0) is 30.3 Å². The second kappa shape index (κ2) is 5.12. The van der Waals surface area contributed by atoms with E-state index in [0.29, 0.717) is 6.42 Å². The van der Waals surface area contributed by atoms with Crippen molar-refractivity contribution in [1.82, 2.24) is 4.98 Å². The Balaban J connectivity index is 2.22. The molecule has 0 atom stereocenters. The zero-order valence-corrected chi connectivity index (χ0v) is 9.96. The summed E-state index contributed by atoms with van der Waals surface area (Å²) in [6.45, 7) is 2.01. The van der Waals surface area contributed by atoms with E-state index in [0.717, 1.165) is 22.3 Å². The number of carbonyl (C=O) groups excluding carboxylic acids is 1. The van der Waals surface area contributed by atoms with Gasteiger partial charge in [0.15, 0.2) is 5.12 Å². The third kappa shape index (κ3) is 2.61. The number of hydrogen-bond acceptors (Lipinski definition) is 3. The van der Waals surface area contributed by atoms with Crippen LogP contribution in [0.25, 0.3) is 10.9 Å². The molecule has 1 heterocycles. The monoisotopic (exact) mass is 231 g/mol. The van der Waals surface area contributed by atoms with Crippen molar-refractivity contribution in [2.24, 2.45) is 0 Å². The molecule has 1 aromatic carbocycles. The molecular formula is C13H13NOS. The molecule has 0 aliphatic heterocycles. The second-order valence-corrected chi connectivity index (χ2v) is 4.64. The fraction of sp³-hybridized carbons (Fsp3) is 0.231. The quantitative estimate of drug-likeness (QED) is 0.755. The van der Waals surface area contributed by atoms with Gasteiger partial charge in [-0.1, -0.05) is 31.2 Å². The lowest BCUT2D eigenvalue weighted by Crippen LogP contribution is -1.91. The van der Waals surface area contributed by atoms with E-state index in [2.05, 4.69) is 4.98 Å². The number of thioether (sulfide) groups is 1. The number of nitrogens with zero attached hydrogens (tertiary/aromatic N) is 1. The molecule has 0 radical (unpaired) electrons. The van der Waals surface area contributed by atoms with Crippen molar-refractivity contribution >= 4 is 27.8 Å². The van der Waals surface area contributed by atoms with E-state index in [9.17, 15) is 4.79 Å². The van der Waals surface area contributed by atoms with Crippen LogP contribution in [0, 0.1) is 0 Å². The number of hydrogen-bond donors (Lipinski definition) is 0. The first-order chi connectivity index (χ1) is 7.79. The molecule has 0 bridgehead atoms. The van der Waals surface area contributed by atoms with E-state index >= 15 is 0 Å². The average molecular weight is 231 g/mol. The van der Waals surface area contributed by atoms with E-state index in [1.54, 1.807) is 0 Å². The van der Waals surface area contributed by atoms with Crippen molar-refractivity contribution in [3.8, 4) is 0 Å². The number of aromatic nitrogens is 1. The molecule has 0 unspecified atom stereocenters. The number of fused-ring (bicyclic) bond motifs is 1. The Morgan fingerprint density at radius 1 is 1.25 bits per heavy atom. The van der Waals surface area contributed by atoms with Gasteiger partial charge in [0.05, 0.1) is 5.52 Å². The molecule has 0 N–H and O–H groups in total. The first-order valence-corrected chi connectivity index (χ1v) is 6.17. The predicted octanol–water partition coefficient (Wildman–Crippen LogP) is 3.65. The lowest BCUT2D eigenvalue weighted by Gasteiger charge is -2.01. The van der Waals surface area contributed by atoms with Crippen molar-refractivity contribution < 1.29 is 4.79 Å². The highest BCUT2D eigenvalue weighted by Crippen LogP contribution is 2.21. The SMILES string of the molecule is CCCC(=O)Sc1ccc2ccccc2n1. The molecule has 3 heteroatoms. The summed E-state index contributed by atoms with van der Waals surface area (Å²) >= 11 is 1.23. The van der Waals surface area contributed by atoms with Gasteiger partial charge in [-0.25, -0.2) is 4.98 Å². The van der Waals surface area contributed by atoms with Crippen LogP contribution in [0.5, 0.6) is 0 Å². The molecule has 0 aliphatic rings. The maximum Gasteiger partial charge on any atom is 0.195 e. The minimum Gasteiger partial charge on any atom is -0.287 e. The van der Waals surface area contributed by atoms with Gasteiger partial charge in [0.2, 0.25) is 0 Å². The van der Waals surface area contributed by atoms with Crippen molar-refractivity contribution in [3.05, 3.63) is 36.4 Å². The van der Waals surface area contributed by atoms with Gasteiger partial charge >= 0.3 is 0 Å². The van der Waals surface area contributed by atoms with Crippen molar-refractivity contribution in [1.29, 1.82) is 0 Å². The van der Waals surface area contributed by atoms with Crippen LogP contribution in [0.3, 0.4) is 0 Å². The maximum atomic E-state index is 11.5. The summed E-state index contributed by atoms with van der Waals surface area (Å²) in [7, 11) is 0. The van der Waals surface area contributed by atoms with Crippen LogP contribution < -0.4 is 0 Å². The summed E-state index contributed by atoms with van der Waals surface area (Å²) in [4.78, 5) is 15.9. The van der Waals surface area contributed by atoms with Gasteiger partial charge in [-0.3, -0.25) is 4.79 Å². The minimum absolute atomic E-state index is 0.185. The molecule has 2 nitrogen and oxygen atoms in total. The van der Waals surface area contributed by atoms with Crippen molar-refractivity contribution in [2.75, 3.05) is 0 Å². The molecule has 0 amide bonds. The summed E-state index contributed by atoms with van der Waals surface area (Å²) in [5.74, 6) is 0. The fourth-order valence-corrected chi connectivity index (χ4v) is 2.30. The molecule has 0 fully saturated rings. The lowest BCUT2D eigenvalue weighted by atomic mass is 10.2. The van der Waals surface area contributed by atoms with Gasteiger partial charge in [-0.15, -0.1) is 0 Å².